The molecular weight excluding hydrogens is 194 g/mol. The van der Waals surface area contributed by atoms with Gasteiger partial charge in [-0.05, 0) is 12.3 Å². The van der Waals surface area contributed by atoms with Gasteiger partial charge in [0.05, 0.1) is 6.20 Å². The smallest absolute Gasteiger partial charge is 0.126 e. The molecule has 1 heterocycles. The summed E-state index contributed by atoms with van der Waals surface area (Å²) in [6.07, 6.45) is 3.81. The fourth-order valence-electron chi connectivity index (χ4n) is 1.38. The minimum absolute atomic E-state index is 0.617. The third-order valence-corrected chi connectivity index (χ3v) is 2.86. The van der Waals surface area contributed by atoms with Crippen LogP contribution in [0.5, 0.6) is 0 Å². The van der Waals surface area contributed by atoms with Crippen LogP contribution in [0.4, 0.5) is 5.82 Å². The fraction of sp³-hybridized carbons (Fsp3) is 0.100. The molecule has 0 saturated heterocycles. The van der Waals surface area contributed by atoms with Crippen LogP contribution < -0.4 is 5.73 Å². The highest BCUT2D eigenvalue weighted by Crippen LogP contribution is 2.32. The molecule has 3 N–H and O–H groups in total. The van der Waals surface area contributed by atoms with Crippen molar-refractivity contribution in [3.8, 4) is 11.1 Å². The van der Waals surface area contributed by atoms with Gasteiger partial charge >= 0.3 is 0 Å². The Labute approximate surface area is 86.7 Å². The summed E-state index contributed by atoms with van der Waals surface area (Å²) in [5.41, 5.74) is 7.87. The molecular formula is C10H11N3S. The van der Waals surface area contributed by atoms with Gasteiger partial charge in [0.1, 0.15) is 5.82 Å². The van der Waals surface area contributed by atoms with E-state index in [1.54, 1.807) is 18.0 Å². The minimum atomic E-state index is 0.617. The maximum absolute atomic E-state index is 5.77. The Kier molecular flexibility index (Phi) is 2.45. The highest BCUT2D eigenvalue weighted by Gasteiger charge is 2.07. The topological polar surface area (TPSA) is 54.7 Å². The van der Waals surface area contributed by atoms with Crippen molar-refractivity contribution in [1.29, 1.82) is 0 Å². The summed E-state index contributed by atoms with van der Waals surface area (Å²) in [6.45, 7) is 0. The van der Waals surface area contributed by atoms with E-state index in [0.717, 1.165) is 11.1 Å². The molecule has 0 unspecified atom stereocenters. The third-order valence-electron chi connectivity index (χ3n) is 2.07. The van der Waals surface area contributed by atoms with E-state index in [1.807, 2.05) is 18.2 Å². The first-order chi connectivity index (χ1) is 6.83. The van der Waals surface area contributed by atoms with Crippen molar-refractivity contribution in [1.82, 2.24) is 10.2 Å². The Balaban J connectivity index is 2.56. The summed E-state index contributed by atoms with van der Waals surface area (Å²) in [7, 11) is 0. The number of nitrogens with one attached hydrogen (secondary N) is 1. The van der Waals surface area contributed by atoms with Crippen molar-refractivity contribution in [3.05, 3.63) is 30.5 Å². The van der Waals surface area contributed by atoms with E-state index in [0.29, 0.717) is 5.82 Å². The quantitative estimate of drug-likeness (QED) is 0.740. The van der Waals surface area contributed by atoms with Gasteiger partial charge in [-0.25, -0.2) is 0 Å². The van der Waals surface area contributed by atoms with Crippen molar-refractivity contribution < 1.29 is 0 Å². The molecule has 4 heteroatoms. The Morgan fingerprint density at radius 3 is 2.71 bits per heavy atom. The molecule has 3 nitrogen and oxygen atoms in total. The predicted octanol–water partition coefficient (Wildman–Crippen LogP) is 2.38. The summed E-state index contributed by atoms with van der Waals surface area (Å²) in [4.78, 5) is 1.21. The molecule has 1 aromatic carbocycles. The van der Waals surface area contributed by atoms with Gasteiger partial charge in [0.25, 0.3) is 0 Å². The SMILES string of the molecule is CSc1ccccc1-c1cn[nH]c1N. The van der Waals surface area contributed by atoms with Gasteiger partial charge in [-0.3, -0.25) is 5.10 Å². The van der Waals surface area contributed by atoms with Crippen LogP contribution in [-0.2, 0) is 0 Å². The summed E-state index contributed by atoms with van der Waals surface area (Å²) < 4.78 is 0. The number of H-pyrrole nitrogens is 1. The molecule has 2 rings (SSSR count). The molecule has 0 aliphatic rings. The predicted molar refractivity (Wildman–Crippen MR) is 60.2 cm³/mol. The lowest BCUT2D eigenvalue weighted by Crippen LogP contribution is -1.88. The number of nitrogens with zero attached hydrogens (tertiary/aromatic N) is 1. The number of aromatic amines is 1. The van der Waals surface area contributed by atoms with E-state index in [4.69, 9.17) is 5.73 Å². The standard InChI is InChI=1S/C10H11N3S/c1-14-9-5-3-2-4-7(9)8-6-12-13-10(8)11/h2-6H,1H3,(H3,11,12,13). The highest BCUT2D eigenvalue weighted by molar-refractivity contribution is 7.98. The van der Waals surface area contributed by atoms with Gasteiger partial charge in [0, 0.05) is 16.0 Å². The average Bonchev–Trinajstić information content (AvgIpc) is 2.64. The highest BCUT2D eigenvalue weighted by atomic mass is 32.2. The zero-order valence-corrected chi connectivity index (χ0v) is 8.64. The Hall–Kier alpha value is -1.42. The minimum Gasteiger partial charge on any atom is -0.384 e. The molecule has 0 bridgehead atoms. The Bertz CT molecular complexity index is 436. The molecule has 72 valence electrons. The summed E-state index contributed by atoms with van der Waals surface area (Å²) in [5.74, 6) is 0.617. The first-order valence-corrected chi connectivity index (χ1v) is 5.47. The number of anilines is 1. The van der Waals surface area contributed by atoms with Crippen LogP contribution >= 0.6 is 11.8 Å². The molecule has 1 aromatic heterocycles. The maximum Gasteiger partial charge on any atom is 0.126 e. The summed E-state index contributed by atoms with van der Waals surface area (Å²) in [5, 5.41) is 6.65. The van der Waals surface area contributed by atoms with Gasteiger partial charge in [0.15, 0.2) is 0 Å². The van der Waals surface area contributed by atoms with Gasteiger partial charge in [0.2, 0.25) is 0 Å². The molecule has 0 spiro atoms. The number of hydrogen-bond acceptors (Lipinski definition) is 3. The van der Waals surface area contributed by atoms with E-state index >= 15 is 0 Å². The van der Waals surface area contributed by atoms with Crippen LogP contribution in [0.3, 0.4) is 0 Å². The molecule has 14 heavy (non-hydrogen) atoms. The molecule has 0 aliphatic heterocycles. The molecule has 0 radical (unpaired) electrons. The van der Waals surface area contributed by atoms with Crippen molar-refractivity contribution in [2.45, 2.75) is 4.90 Å². The molecule has 0 atom stereocenters. The van der Waals surface area contributed by atoms with Crippen molar-refractivity contribution in [2.75, 3.05) is 12.0 Å². The number of aromatic nitrogens is 2. The summed E-state index contributed by atoms with van der Waals surface area (Å²) >= 11 is 1.71. The number of nitrogen functional groups attached to an aromatic ring is 1. The number of nitrogens with two attached hydrogens (primary N) is 1. The van der Waals surface area contributed by atoms with Gasteiger partial charge in [-0.15, -0.1) is 11.8 Å². The van der Waals surface area contributed by atoms with E-state index in [2.05, 4.69) is 22.5 Å². The molecule has 0 saturated carbocycles. The van der Waals surface area contributed by atoms with Crippen LogP contribution in [0.2, 0.25) is 0 Å². The number of thioether (sulfide) groups is 1. The van der Waals surface area contributed by atoms with E-state index < -0.39 is 0 Å². The fourth-order valence-corrected chi connectivity index (χ4v) is 1.99. The van der Waals surface area contributed by atoms with Crippen LogP contribution in [0.25, 0.3) is 11.1 Å². The largest absolute Gasteiger partial charge is 0.384 e. The maximum atomic E-state index is 5.77. The monoisotopic (exact) mass is 205 g/mol. The van der Waals surface area contributed by atoms with E-state index in [1.165, 1.54) is 4.90 Å². The molecule has 0 amide bonds. The Morgan fingerprint density at radius 2 is 2.07 bits per heavy atom. The first-order valence-electron chi connectivity index (χ1n) is 4.25. The normalized spacial score (nSPS) is 10.4. The number of rotatable bonds is 2. The van der Waals surface area contributed by atoms with Crippen molar-refractivity contribution in [3.63, 3.8) is 0 Å². The average molecular weight is 205 g/mol. The molecule has 0 aliphatic carbocycles. The van der Waals surface area contributed by atoms with Crippen molar-refractivity contribution in [2.24, 2.45) is 0 Å². The Morgan fingerprint density at radius 1 is 1.29 bits per heavy atom. The number of hydrogen-bond donors (Lipinski definition) is 2. The number of benzene rings is 1. The molecule has 0 fully saturated rings. The third kappa shape index (κ3) is 1.48. The van der Waals surface area contributed by atoms with Gasteiger partial charge in [-0.1, -0.05) is 18.2 Å². The second-order valence-corrected chi connectivity index (χ2v) is 3.75. The van der Waals surface area contributed by atoms with Crippen LogP contribution in [-0.4, -0.2) is 16.5 Å². The zero-order valence-electron chi connectivity index (χ0n) is 7.82. The van der Waals surface area contributed by atoms with Gasteiger partial charge in [-0.2, -0.15) is 5.10 Å². The second kappa shape index (κ2) is 3.75. The zero-order chi connectivity index (χ0) is 9.97. The second-order valence-electron chi connectivity index (χ2n) is 2.90. The van der Waals surface area contributed by atoms with E-state index in [9.17, 15) is 0 Å². The lowest BCUT2D eigenvalue weighted by Gasteiger charge is -2.04. The van der Waals surface area contributed by atoms with Crippen molar-refractivity contribution >= 4 is 17.6 Å². The van der Waals surface area contributed by atoms with Crippen LogP contribution in [0, 0.1) is 0 Å². The van der Waals surface area contributed by atoms with Gasteiger partial charge < -0.3 is 5.73 Å². The summed E-state index contributed by atoms with van der Waals surface area (Å²) in [6, 6.07) is 8.15. The van der Waals surface area contributed by atoms with E-state index in [-0.39, 0.29) is 0 Å². The lowest BCUT2D eigenvalue weighted by atomic mass is 10.1. The van der Waals surface area contributed by atoms with Crippen LogP contribution in [0.1, 0.15) is 0 Å². The first kappa shape index (κ1) is 9.15. The molecule has 2 aromatic rings. The lowest BCUT2D eigenvalue weighted by molar-refractivity contribution is 1.10. The van der Waals surface area contributed by atoms with Crippen LogP contribution in [0.15, 0.2) is 35.4 Å².